The minimum Gasteiger partial charge on any atom is -0.477 e. The lowest BCUT2D eigenvalue weighted by Crippen LogP contribution is -2.71. The Morgan fingerprint density at radius 3 is 2.75 bits per heavy atom. The highest BCUT2D eigenvalue weighted by molar-refractivity contribution is 8.00. The van der Waals surface area contributed by atoms with Gasteiger partial charge in [0.1, 0.15) is 22.8 Å². The highest BCUT2D eigenvalue weighted by atomic mass is 32.2. The van der Waals surface area contributed by atoms with E-state index in [9.17, 15) is 29.5 Å². The first-order chi connectivity index (χ1) is 17.3. The number of nitrogens with two attached hydrogens (primary N) is 1. The topological polar surface area (TPSA) is 191 Å². The van der Waals surface area contributed by atoms with E-state index in [-0.39, 0.29) is 28.2 Å². The van der Waals surface area contributed by atoms with Crippen molar-refractivity contribution in [1.82, 2.24) is 25.4 Å². The second kappa shape index (κ2) is 9.55. The quantitative estimate of drug-likeness (QED) is 0.0957. The van der Waals surface area contributed by atoms with Gasteiger partial charge in [0.15, 0.2) is 10.8 Å². The largest absolute Gasteiger partial charge is 0.477 e. The third-order valence-electron chi connectivity index (χ3n) is 6.47. The van der Waals surface area contributed by atoms with E-state index in [1.54, 1.807) is 11.0 Å². The predicted octanol–water partition coefficient (Wildman–Crippen LogP) is -0.980. The summed E-state index contributed by atoms with van der Waals surface area (Å²) in [5, 5.41) is 28.8. The van der Waals surface area contributed by atoms with Crippen LogP contribution < -0.4 is 16.4 Å². The van der Waals surface area contributed by atoms with E-state index in [4.69, 9.17) is 5.73 Å². The van der Waals surface area contributed by atoms with E-state index in [1.165, 1.54) is 17.1 Å². The van der Waals surface area contributed by atoms with Crippen molar-refractivity contribution >= 4 is 57.6 Å². The zero-order valence-corrected chi connectivity index (χ0v) is 20.5. The number of nitrogens with one attached hydrogen (secondary N) is 2. The summed E-state index contributed by atoms with van der Waals surface area (Å²) in [5.74, 6) is -2.17. The Morgan fingerprint density at radius 2 is 2.14 bits per heavy atom. The molecule has 0 bridgehead atoms. The summed E-state index contributed by atoms with van der Waals surface area (Å²) in [6.07, 6.45) is 2.11. The molecule has 4 aliphatic heterocycles. The normalized spacial score (nSPS) is 25.7. The fourth-order valence-electron chi connectivity index (χ4n) is 4.55. The summed E-state index contributed by atoms with van der Waals surface area (Å²) >= 11 is 2.33. The zero-order valence-electron chi connectivity index (χ0n) is 18.8. The fourth-order valence-corrected chi connectivity index (χ4v) is 6.40. The number of thioether (sulfide) groups is 1. The van der Waals surface area contributed by atoms with Gasteiger partial charge in [-0.3, -0.25) is 19.3 Å². The molecule has 0 unspecified atom stereocenters. The summed E-state index contributed by atoms with van der Waals surface area (Å²) < 4.78 is 0. The molecule has 6 N–H and O–H groups in total. The van der Waals surface area contributed by atoms with Crippen LogP contribution >= 0.6 is 23.1 Å². The van der Waals surface area contributed by atoms with Crippen LogP contribution in [0.5, 0.6) is 0 Å². The number of anilines is 1. The summed E-state index contributed by atoms with van der Waals surface area (Å²) in [6.45, 7) is 3.02. The number of carbonyl (C=O) groups is 4. The first-order valence-corrected chi connectivity index (χ1v) is 13.1. The lowest BCUT2D eigenvalue weighted by molar-refractivity contribution is -0.150. The molecule has 0 saturated carbocycles. The van der Waals surface area contributed by atoms with Gasteiger partial charge in [-0.25, -0.2) is 9.78 Å². The molecule has 0 spiro atoms. The first kappa shape index (κ1) is 24.3. The van der Waals surface area contributed by atoms with Crippen molar-refractivity contribution in [3.8, 4) is 0 Å². The molecule has 5 rings (SSSR count). The number of carboxylic acids is 1. The number of hydrogen-bond donors (Lipinski definition) is 5. The van der Waals surface area contributed by atoms with E-state index in [0.717, 1.165) is 29.3 Å². The molecule has 36 heavy (non-hydrogen) atoms. The molecule has 1 aromatic rings. The lowest BCUT2D eigenvalue weighted by Gasteiger charge is -2.49. The third-order valence-corrected chi connectivity index (χ3v) is 8.45. The van der Waals surface area contributed by atoms with E-state index >= 15 is 0 Å². The number of thiazole rings is 1. The van der Waals surface area contributed by atoms with Gasteiger partial charge in [-0.15, -0.1) is 23.1 Å². The van der Waals surface area contributed by atoms with Crippen molar-refractivity contribution in [1.29, 1.82) is 0 Å². The second-order valence-electron chi connectivity index (χ2n) is 8.75. The van der Waals surface area contributed by atoms with Crippen LogP contribution in [0.3, 0.4) is 0 Å². The number of hydrogen-bond acceptors (Lipinski definition) is 11. The maximum atomic E-state index is 12.9. The van der Waals surface area contributed by atoms with Crippen LogP contribution in [0.25, 0.3) is 0 Å². The number of carboxylic acid groups (broad SMARTS) is 1. The third kappa shape index (κ3) is 4.22. The van der Waals surface area contributed by atoms with Crippen molar-refractivity contribution in [2.24, 2.45) is 11.1 Å². The summed E-state index contributed by atoms with van der Waals surface area (Å²) in [5.41, 5.74) is 5.93. The average Bonchev–Trinajstić information content (AvgIpc) is 3.40. The number of allylic oxidation sites excluding steroid dienone is 1. The van der Waals surface area contributed by atoms with Crippen LogP contribution in [0.15, 0.2) is 33.5 Å². The predicted molar refractivity (Wildman–Crippen MR) is 130 cm³/mol. The molecule has 3 saturated heterocycles. The van der Waals surface area contributed by atoms with Crippen molar-refractivity contribution < 1.29 is 29.5 Å². The molecule has 190 valence electrons. The lowest BCUT2D eigenvalue weighted by atomic mass is 10.0. The Bertz CT molecular complexity index is 1240. The van der Waals surface area contributed by atoms with Crippen molar-refractivity contribution in [2.45, 2.75) is 17.8 Å². The minimum absolute atomic E-state index is 0.0568. The number of aromatic nitrogens is 1. The number of oxime groups is 1. The van der Waals surface area contributed by atoms with Gasteiger partial charge in [0.25, 0.3) is 11.8 Å². The van der Waals surface area contributed by atoms with E-state index < -0.39 is 34.9 Å². The van der Waals surface area contributed by atoms with Crippen molar-refractivity contribution in [3.63, 3.8) is 0 Å². The number of nitrogens with zero attached hydrogens (tertiary/aromatic N) is 4. The maximum absolute atomic E-state index is 12.9. The second-order valence-corrected chi connectivity index (χ2v) is 10.7. The molecule has 2 atom stereocenters. The van der Waals surface area contributed by atoms with Gasteiger partial charge in [0.05, 0.1) is 0 Å². The smallest absolute Gasteiger partial charge is 0.352 e. The van der Waals surface area contributed by atoms with E-state index in [1.807, 2.05) is 0 Å². The number of likely N-dealkylation sites (tertiary alicyclic amines) is 1. The van der Waals surface area contributed by atoms with Gasteiger partial charge >= 0.3 is 5.97 Å². The first-order valence-electron chi connectivity index (χ1n) is 11.1. The Kier molecular flexibility index (Phi) is 6.44. The number of nitrogen functional groups attached to an aromatic ring is 1. The molecular formula is C21H23N7O6S2. The molecule has 0 radical (unpaired) electrons. The maximum Gasteiger partial charge on any atom is 0.352 e. The average molecular weight is 534 g/mol. The molecule has 13 nitrogen and oxygen atoms in total. The molecular weight excluding hydrogens is 510 g/mol. The number of aliphatic carboxylic acids is 1. The van der Waals surface area contributed by atoms with Gasteiger partial charge in [-0.1, -0.05) is 5.16 Å². The number of amides is 3. The zero-order chi connectivity index (χ0) is 25.6. The van der Waals surface area contributed by atoms with Gasteiger partial charge in [0.2, 0.25) is 5.91 Å². The number of carbonyl (C=O) groups excluding carboxylic acids is 3. The fraction of sp³-hybridized carbons (Fsp3) is 0.429. The summed E-state index contributed by atoms with van der Waals surface area (Å²) in [7, 11) is 0. The summed E-state index contributed by atoms with van der Waals surface area (Å²) in [4.78, 5) is 57.3. The highest BCUT2D eigenvalue weighted by Gasteiger charge is 2.54. The number of β-lactam (4-membered cyclic amide) rings is 1. The molecule has 0 aromatic carbocycles. The van der Waals surface area contributed by atoms with Gasteiger partial charge < -0.3 is 31.6 Å². The molecule has 4 aliphatic rings. The van der Waals surface area contributed by atoms with Crippen LogP contribution in [-0.2, 0) is 19.2 Å². The Morgan fingerprint density at radius 1 is 1.36 bits per heavy atom. The Hall–Kier alpha value is -3.43. The van der Waals surface area contributed by atoms with E-state index in [2.05, 4.69) is 20.8 Å². The molecule has 0 aliphatic carbocycles. The van der Waals surface area contributed by atoms with Crippen LogP contribution in [0.4, 0.5) is 5.13 Å². The summed E-state index contributed by atoms with van der Waals surface area (Å²) in [6, 6.07) is -1.02. The molecule has 1 aromatic heterocycles. The van der Waals surface area contributed by atoms with Crippen LogP contribution in [0.2, 0.25) is 0 Å². The molecule has 15 heteroatoms. The highest BCUT2D eigenvalue weighted by Crippen LogP contribution is 2.41. The van der Waals surface area contributed by atoms with Gasteiger partial charge in [-0.05, 0) is 18.1 Å². The van der Waals surface area contributed by atoms with Crippen molar-refractivity contribution in [3.05, 3.63) is 34.0 Å². The number of rotatable bonds is 7. The SMILES string of the molecule is Nc1nc(C(=NO)C(=O)N[C@@H]2C(=O)N3C(C(=O)O)=C(C=C4CCN(CC5CNC5)C4=O)CS[C@H]23)cs1. The van der Waals surface area contributed by atoms with Crippen LogP contribution in [0.1, 0.15) is 12.1 Å². The Balaban J connectivity index is 1.31. The minimum atomic E-state index is -1.29. The molecule has 3 fully saturated rings. The van der Waals surface area contributed by atoms with E-state index in [0.29, 0.717) is 36.6 Å². The molecule has 3 amide bonds. The van der Waals surface area contributed by atoms with Crippen molar-refractivity contribution in [2.75, 3.05) is 37.7 Å². The van der Waals surface area contributed by atoms with Gasteiger partial charge in [-0.2, -0.15) is 0 Å². The van der Waals surface area contributed by atoms with Crippen LogP contribution in [0, 0.1) is 5.92 Å². The van der Waals surface area contributed by atoms with Crippen LogP contribution in [-0.4, -0.2) is 97.8 Å². The monoisotopic (exact) mass is 533 g/mol. The Labute approximate surface area is 213 Å². The standard InChI is InChI=1S/C21H23N7O6S2/c22-21-24-12(8-36-21)13(26-34)16(29)25-14-18(31)28-15(20(32)33)11(7-35-19(14)28)3-10-1-2-27(17(10)30)6-9-4-23-5-9/h3,8-9,14,19,23,34H,1-2,4-7H2,(H2,22,24)(H,25,29)(H,32,33)/t14-,19-/m1/s1. The number of fused-ring (bicyclic) bond motifs is 1. The van der Waals surface area contributed by atoms with Gasteiger partial charge in [0, 0.05) is 48.8 Å². The molecule has 5 heterocycles.